The van der Waals surface area contributed by atoms with E-state index in [1.165, 1.54) is 0 Å². The van der Waals surface area contributed by atoms with Gasteiger partial charge in [0.1, 0.15) is 5.75 Å². The van der Waals surface area contributed by atoms with Crippen LogP contribution in [-0.2, 0) is 17.9 Å². The molecule has 0 saturated carbocycles. The maximum absolute atomic E-state index is 12.4. The number of aromatic nitrogens is 1. The smallest absolute Gasteiger partial charge is 0.265 e. The molecule has 6 heteroatoms. The third kappa shape index (κ3) is 4.27. The highest BCUT2D eigenvalue weighted by Gasteiger charge is 2.25. The molecule has 1 aliphatic rings. The number of aryl methyl sites for hydroxylation is 1. The minimum Gasteiger partial charge on any atom is -0.482 e. The van der Waals surface area contributed by atoms with Crippen LogP contribution in [0.15, 0.2) is 67.0 Å². The second-order valence-electron chi connectivity index (χ2n) is 6.97. The van der Waals surface area contributed by atoms with Crippen LogP contribution in [0.3, 0.4) is 0 Å². The van der Waals surface area contributed by atoms with Gasteiger partial charge in [0.25, 0.3) is 11.8 Å². The van der Waals surface area contributed by atoms with Crippen LogP contribution in [0.2, 0.25) is 0 Å². The van der Waals surface area contributed by atoms with E-state index < -0.39 is 0 Å². The van der Waals surface area contributed by atoms with Gasteiger partial charge in [0.15, 0.2) is 6.61 Å². The first-order chi connectivity index (χ1) is 14.1. The zero-order valence-corrected chi connectivity index (χ0v) is 16.1. The Morgan fingerprint density at radius 2 is 1.83 bits per heavy atom. The summed E-state index contributed by atoms with van der Waals surface area (Å²) in [7, 11) is 0. The van der Waals surface area contributed by atoms with Crippen LogP contribution < -0.4 is 15.0 Å². The standard InChI is InChI=1S/C23H21N3O3/c1-16-2-7-20-21(12-16)29-15-22(27)26(20)14-18-3-5-19(6-4-18)23(28)25-13-17-8-10-24-11-9-17/h2-12H,13-15H2,1H3,(H,25,28). The van der Waals surface area contributed by atoms with E-state index in [-0.39, 0.29) is 18.4 Å². The average Bonchev–Trinajstić information content (AvgIpc) is 2.75. The molecule has 0 radical (unpaired) electrons. The van der Waals surface area contributed by atoms with Gasteiger partial charge in [-0.15, -0.1) is 0 Å². The Balaban J connectivity index is 1.43. The van der Waals surface area contributed by atoms with Gasteiger partial charge in [-0.05, 0) is 60.0 Å². The number of carbonyl (C=O) groups is 2. The lowest BCUT2D eigenvalue weighted by Crippen LogP contribution is -2.38. The van der Waals surface area contributed by atoms with Gasteiger partial charge in [-0.2, -0.15) is 0 Å². The number of amides is 2. The Bertz CT molecular complexity index is 1030. The highest BCUT2D eigenvalue weighted by atomic mass is 16.5. The van der Waals surface area contributed by atoms with Gasteiger partial charge in [-0.3, -0.25) is 14.6 Å². The van der Waals surface area contributed by atoms with Crippen LogP contribution in [0.1, 0.15) is 27.0 Å². The quantitative estimate of drug-likeness (QED) is 0.730. The van der Waals surface area contributed by atoms with E-state index >= 15 is 0 Å². The number of nitrogens with zero attached hydrogens (tertiary/aromatic N) is 2. The molecule has 6 nitrogen and oxygen atoms in total. The Hall–Kier alpha value is -3.67. The molecule has 2 amide bonds. The largest absolute Gasteiger partial charge is 0.482 e. The molecule has 4 rings (SSSR count). The molecule has 3 aromatic rings. The summed E-state index contributed by atoms with van der Waals surface area (Å²) in [6, 6.07) is 16.8. The molecule has 1 N–H and O–H groups in total. The van der Waals surface area contributed by atoms with Gasteiger partial charge in [-0.1, -0.05) is 18.2 Å². The number of rotatable bonds is 5. The lowest BCUT2D eigenvalue weighted by Gasteiger charge is -2.29. The summed E-state index contributed by atoms with van der Waals surface area (Å²) in [5.41, 5.74) is 4.36. The fourth-order valence-corrected chi connectivity index (χ4v) is 3.21. The number of hydrogen-bond donors (Lipinski definition) is 1. The monoisotopic (exact) mass is 387 g/mol. The van der Waals surface area contributed by atoms with Crippen molar-refractivity contribution in [3.05, 3.63) is 89.2 Å². The van der Waals surface area contributed by atoms with Crippen LogP contribution in [0.25, 0.3) is 0 Å². The highest BCUT2D eigenvalue weighted by molar-refractivity contribution is 5.98. The van der Waals surface area contributed by atoms with Crippen molar-refractivity contribution in [1.82, 2.24) is 10.3 Å². The number of ether oxygens (including phenoxy) is 1. The molecular formula is C23H21N3O3. The molecule has 146 valence electrons. The average molecular weight is 387 g/mol. The molecule has 0 unspecified atom stereocenters. The fraction of sp³-hybridized carbons (Fsp3) is 0.174. The third-order valence-corrected chi connectivity index (χ3v) is 4.82. The summed E-state index contributed by atoms with van der Waals surface area (Å²) in [6.07, 6.45) is 3.39. The minimum absolute atomic E-state index is 0.0337. The van der Waals surface area contributed by atoms with E-state index in [0.29, 0.717) is 18.7 Å². The second kappa shape index (κ2) is 8.14. The topological polar surface area (TPSA) is 71.5 Å². The maximum atomic E-state index is 12.4. The number of pyridine rings is 1. The lowest BCUT2D eigenvalue weighted by atomic mass is 10.1. The normalized spacial score (nSPS) is 12.9. The molecular weight excluding hydrogens is 366 g/mol. The number of anilines is 1. The first-order valence-electron chi connectivity index (χ1n) is 9.40. The lowest BCUT2D eigenvalue weighted by molar-refractivity contribution is -0.121. The summed E-state index contributed by atoms with van der Waals surface area (Å²) >= 11 is 0. The number of benzene rings is 2. The van der Waals surface area contributed by atoms with Crippen molar-refractivity contribution >= 4 is 17.5 Å². The zero-order valence-electron chi connectivity index (χ0n) is 16.1. The summed E-state index contributed by atoms with van der Waals surface area (Å²) < 4.78 is 5.55. The van der Waals surface area contributed by atoms with Gasteiger partial charge in [-0.25, -0.2) is 0 Å². The van der Waals surface area contributed by atoms with Crippen LogP contribution in [0.4, 0.5) is 5.69 Å². The van der Waals surface area contributed by atoms with Gasteiger partial charge in [0, 0.05) is 24.5 Å². The van der Waals surface area contributed by atoms with Gasteiger partial charge in [0.2, 0.25) is 0 Å². The fourth-order valence-electron chi connectivity index (χ4n) is 3.21. The van der Waals surface area contributed by atoms with E-state index in [4.69, 9.17) is 4.74 Å². The molecule has 0 atom stereocenters. The highest BCUT2D eigenvalue weighted by Crippen LogP contribution is 2.33. The van der Waals surface area contributed by atoms with Crippen molar-refractivity contribution in [2.75, 3.05) is 11.5 Å². The van der Waals surface area contributed by atoms with Crippen molar-refractivity contribution in [3.63, 3.8) is 0 Å². The molecule has 0 spiro atoms. The van der Waals surface area contributed by atoms with Crippen LogP contribution in [0.5, 0.6) is 5.75 Å². The van der Waals surface area contributed by atoms with Crippen molar-refractivity contribution in [3.8, 4) is 5.75 Å². The second-order valence-corrected chi connectivity index (χ2v) is 6.97. The summed E-state index contributed by atoms with van der Waals surface area (Å²) in [4.78, 5) is 30.4. The predicted octanol–water partition coefficient (Wildman–Crippen LogP) is 3.25. The van der Waals surface area contributed by atoms with Crippen LogP contribution in [-0.4, -0.2) is 23.4 Å². The Kier molecular flexibility index (Phi) is 5.24. The Labute approximate surface area is 169 Å². The number of nitrogens with one attached hydrogen (secondary N) is 1. The SMILES string of the molecule is Cc1ccc2c(c1)OCC(=O)N2Cc1ccc(C(=O)NCc2ccncc2)cc1. The zero-order chi connectivity index (χ0) is 20.2. The van der Waals surface area contributed by atoms with E-state index in [1.54, 1.807) is 29.4 Å². The number of fused-ring (bicyclic) bond motifs is 1. The van der Waals surface area contributed by atoms with E-state index in [1.807, 2.05) is 49.4 Å². The Morgan fingerprint density at radius 1 is 1.07 bits per heavy atom. The molecule has 29 heavy (non-hydrogen) atoms. The molecule has 1 aliphatic heterocycles. The van der Waals surface area contributed by atoms with E-state index in [9.17, 15) is 9.59 Å². The summed E-state index contributed by atoms with van der Waals surface area (Å²) in [5, 5.41) is 2.89. The molecule has 2 heterocycles. The third-order valence-electron chi connectivity index (χ3n) is 4.82. The van der Waals surface area contributed by atoms with Gasteiger partial charge >= 0.3 is 0 Å². The molecule has 2 aromatic carbocycles. The van der Waals surface area contributed by atoms with E-state index in [0.717, 1.165) is 28.1 Å². The number of hydrogen-bond acceptors (Lipinski definition) is 4. The maximum Gasteiger partial charge on any atom is 0.265 e. The van der Waals surface area contributed by atoms with Crippen molar-refractivity contribution < 1.29 is 14.3 Å². The minimum atomic E-state index is -0.142. The predicted molar refractivity (Wildman–Crippen MR) is 110 cm³/mol. The molecule has 0 saturated heterocycles. The molecule has 0 fully saturated rings. The molecule has 1 aromatic heterocycles. The van der Waals surface area contributed by atoms with Crippen LogP contribution >= 0.6 is 0 Å². The Morgan fingerprint density at radius 3 is 2.59 bits per heavy atom. The van der Waals surface area contributed by atoms with E-state index in [2.05, 4.69) is 10.3 Å². The first-order valence-corrected chi connectivity index (χ1v) is 9.40. The van der Waals surface area contributed by atoms with Crippen molar-refractivity contribution in [2.45, 2.75) is 20.0 Å². The summed E-state index contributed by atoms with van der Waals surface area (Å²) in [6.45, 7) is 2.90. The van der Waals surface area contributed by atoms with Crippen molar-refractivity contribution in [2.24, 2.45) is 0 Å². The van der Waals surface area contributed by atoms with Crippen LogP contribution in [0, 0.1) is 6.92 Å². The molecule has 0 bridgehead atoms. The van der Waals surface area contributed by atoms with Crippen molar-refractivity contribution in [1.29, 1.82) is 0 Å². The molecule has 0 aliphatic carbocycles. The van der Waals surface area contributed by atoms with Gasteiger partial charge in [0.05, 0.1) is 12.2 Å². The first kappa shape index (κ1) is 18.7. The van der Waals surface area contributed by atoms with Gasteiger partial charge < -0.3 is 15.0 Å². The number of carbonyl (C=O) groups excluding carboxylic acids is 2. The summed E-state index contributed by atoms with van der Waals surface area (Å²) in [5.74, 6) is 0.494.